The van der Waals surface area contributed by atoms with Gasteiger partial charge in [0, 0.05) is 12.5 Å². The van der Waals surface area contributed by atoms with Crippen molar-refractivity contribution in [3.05, 3.63) is 48.3 Å². The van der Waals surface area contributed by atoms with Gasteiger partial charge in [0.1, 0.15) is 5.76 Å². The van der Waals surface area contributed by atoms with Crippen LogP contribution < -0.4 is 5.73 Å². The Balaban J connectivity index is 1.76. The van der Waals surface area contributed by atoms with Crippen LogP contribution in [0.4, 0.5) is 0 Å². The number of nitrogens with two attached hydrogens (primary N) is 1. The SMILES string of the molecule is NC(CCc1ccco1)Cc1ccoc1. The van der Waals surface area contributed by atoms with Gasteiger partial charge in [-0.3, -0.25) is 0 Å². The molecule has 0 spiro atoms. The molecule has 0 amide bonds. The van der Waals surface area contributed by atoms with Crippen LogP contribution in [-0.4, -0.2) is 6.04 Å². The zero-order valence-corrected chi connectivity index (χ0v) is 8.56. The van der Waals surface area contributed by atoms with E-state index in [1.165, 1.54) is 0 Å². The molecule has 80 valence electrons. The van der Waals surface area contributed by atoms with Crippen molar-refractivity contribution >= 4 is 0 Å². The molecule has 0 aromatic carbocycles. The van der Waals surface area contributed by atoms with Gasteiger partial charge in [-0.15, -0.1) is 0 Å². The van der Waals surface area contributed by atoms with E-state index in [0.29, 0.717) is 0 Å². The van der Waals surface area contributed by atoms with Crippen molar-refractivity contribution in [3.63, 3.8) is 0 Å². The molecule has 0 aliphatic carbocycles. The summed E-state index contributed by atoms with van der Waals surface area (Å²) in [6.45, 7) is 0. The Morgan fingerprint density at radius 1 is 1.27 bits per heavy atom. The number of aryl methyl sites for hydroxylation is 1. The van der Waals surface area contributed by atoms with E-state index in [1.54, 1.807) is 18.8 Å². The zero-order chi connectivity index (χ0) is 10.5. The Labute approximate surface area is 88.9 Å². The summed E-state index contributed by atoms with van der Waals surface area (Å²) in [7, 11) is 0. The molecule has 1 unspecified atom stereocenters. The second kappa shape index (κ2) is 4.84. The Kier molecular flexibility index (Phi) is 3.25. The predicted octanol–water partition coefficient (Wildman–Crippen LogP) is 2.38. The molecule has 0 fully saturated rings. The minimum atomic E-state index is 0.160. The van der Waals surface area contributed by atoms with Crippen LogP contribution >= 0.6 is 0 Å². The largest absolute Gasteiger partial charge is 0.472 e. The zero-order valence-electron chi connectivity index (χ0n) is 8.56. The summed E-state index contributed by atoms with van der Waals surface area (Å²) < 4.78 is 10.2. The van der Waals surface area contributed by atoms with Crippen molar-refractivity contribution in [1.82, 2.24) is 0 Å². The monoisotopic (exact) mass is 205 g/mol. The van der Waals surface area contributed by atoms with E-state index in [9.17, 15) is 0 Å². The maximum atomic E-state index is 6.00. The first-order valence-electron chi connectivity index (χ1n) is 5.13. The number of hydrogen-bond acceptors (Lipinski definition) is 3. The van der Waals surface area contributed by atoms with Crippen LogP contribution in [0, 0.1) is 0 Å². The van der Waals surface area contributed by atoms with Crippen LogP contribution in [0.3, 0.4) is 0 Å². The lowest BCUT2D eigenvalue weighted by molar-refractivity contribution is 0.483. The van der Waals surface area contributed by atoms with E-state index in [1.807, 2.05) is 18.2 Å². The van der Waals surface area contributed by atoms with E-state index in [2.05, 4.69) is 0 Å². The maximum absolute atomic E-state index is 6.00. The molecule has 0 radical (unpaired) electrons. The molecule has 0 aliphatic rings. The Morgan fingerprint density at radius 2 is 2.20 bits per heavy atom. The topological polar surface area (TPSA) is 52.3 Å². The van der Waals surface area contributed by atoms with Gasteiger partial charge in [0.15, 0.2) is 0 Å². The molecule has 2 rings (SSSR count). The summed E-state index contributed by atoms with van der Waals surface area (Å²) in [4.78, 5) is 0. The average molecular weight is 205 g/mol. The van der Waals surface area contributed by atoms with Crippen LogP contribution in [-0.2, 0) is 12.8 Å². The van der Waals surface area contributed by atoms with Crippen molar-refractivity contribution in [2.75, 3.05) is 0 Å². The fourth-order valence-corrected chi connectivity index (χ4v) is 1.60. The van der Waals surface area contributed by atoms with Crippen LogP contribution in [0.5, 0.6) is 0 Å². The van der Waals surface area contributed by atoms with Gasteiger partial charge in [-0.05, 0) is 36.6 Å². The fourth-order valence-electron chi connectivity index (χ4n) is 1.60. The average Bonchev–Trinajstić information content (AvgIpc) is 2.86. The van der Waals surface area contributed by atoms with Gasteiger partial charge in [0.2, 0.25) is 0 Å². The molecule has 2 aromatic rings. The lowest BCUT2D eigenvalue weighted by Gasteiger charge is -2.08. The maximum Gasteiger partial charge on any atom is 0.103 e. The summed E-state index contributed by atoms with van der Waals surface area (Å²) in [5.41, 5.74) is 7.15. The van der Waals surface area contributed by atoms with E-state index in [4.69, 9.17) is 14.6 Å². The number of hydrogen-bond donors (Lipinski definition) is 1. The highest BCUT2D eigenvalue weighted by Crippen LogP contribution is 2.09. The van der Waals surface area contributed by atoms with Gasteiger partial charge >= 0.3 is 0 Å². The van der Waals surface area contributed by atoms with E-state index in [-0.39, 0.29) is 6.04 Å². The standard InChI is InChI=1S/C12H15NO2/c13-11(8-10-5-7-14-9-10)3-4-12-2-1-6-15-12/h1-2,5-7,9,11H,3-4,8,13H2. The van der Waals surface area contributed by atoms with E-state index in [0.717, 1.165) is 30.6 Å². The third-order valence-electron chi connectivity index (χ3n) is 2.42. The summed E-state index contributed by atoms with van der Waals surface area (Å²) in [6.07, 6.45) is 7.79. The molecule has 1 atom stereocenters. The third kappa shape index (κ3) is 2.99. The minimum absolute atomic E-state index is 0.160. The molecule has 0 saturated carbocycles. The normalized spacial score (nSPS) is 12.9. The molecule has 2 aromatic heterocycles. The molecule has 0 aliphatic heterocycles. The van der Waals surface area contributed by atoms with Crippen LogP contribution in [0.2, 0.25) is 0 Å². The highest BCUT2D eigenvalue weighted by Gasteiger charge is 2.06. The number of furan rings is 2. The van der Waals surface area contributed by atoms with Crippen LogP contribution in [0.1, 0.15) is 17.7 Å². The molecular formula is C12H15NO2. The third-order valence-corrected chi connectivity index (χ3v) is 2.42. The highest BCUT2D eigenvalue weighted by molar-refractivity contribution is 5.07. The first kappa shape index (κ1) is 10.1. The fraction of sp³-hybridized carbons (Fsp3) is 0.333. The lowest BCUT2D eigenvalue weighted by atomic mass is 10.0. The van der Waals surface area contributed by atoms with E-state index >= 15 is 0 Å². The molecule has 2 N–H and O–H groups in total. The summed E-state index contributed by atoms with van der Waals surface area (Å²) in [5, 5.41) is 0. The van der Waals surface area contributed by atoms with Crippen molar-refractivity contribution in [3.8, 4) is 0 Å². The van der Waals surface area contributed by atoms with Crippen LogP contribution in [0.15, 0.2) is 45.8 Å². The second-order valence-electron chi connectivity index (χ2n) is 3.71. The molecule has 3 heteroatoms. The lowest BCUT2D eigenvalue weighted by Crippen LogP contribution is -2.23. The van der Waals surface area contributed by atoms with Gasteiger partial charge in [0.05, 0.1) is 18.8 Å². The Hall–Kier alpha value is -1.48. The Bertz CT molecular complexity index is 364. The van der Waals surface area contributed by atoms with Crippen molar-refractivity contribution in [2.45, 2.75) is 25.3 Å². The van der Waals surface area contributed by atoms with Gasteiger partial charge in [-0.2, -0.15) is 0 Å². The van der Waals surface area contributed by atoms with Gasteiger partial charge in [0.25, 0.3) is 0 Å². The number of rotatable bonds is 5. The summed E-state index contributed by atoms with van der Waals surface area (Å²) in [6, 6.07) is 5.99. The van der Waals surface area contributed by atoms with Crippen molar-refractivity contribution in [1.29, 1.82) is 0 Å². The highest BCUT2D eigenvalue weighted by atomic mass is 16.3. The Morgan fingerprint density at radius 3 is 2.87 bits per heavy atom. The quantitative estimate of drug-likeness (QED) is 0.815. The first-order chi connectivity index (χ1) is 7.34. The molecule has 2 heterocycles. The summed E-state index contributed by atoms with van der Waals surface area (Å²) >= 11 is 0. The van der Waals surface area contributed by atoms with Crippen LogP contribution in [0.25, 0.3) is 0 Å². The minimum Gasteiger partial charge on any atom is -0.472 e. The van der Waals surface area contributed by atoms with Gasteiger partial charge in [-0.1, -0.05) is 0 Å². The molecule has 15 heavy (non-hydrogen) atoms. The van der Waals surface area contributed by atoms with Crippen molar-refractivity contribution < 1.29 is 8.83 Å². The molecule has 0 saturated heterocycles. The van der Waals surface area contributed by atoms with Crippen molar-refractivity contribution in [2.24, 2.45) is 5.73 Å². The first-order valence-corrected chi connectivity index (χ1v) is 5.13. The van der Waals surface area contributed by atoms with E-state index < -0.39 is 0 Å². The summed E-state index contributed by atoms with van der Waals surface area (Å²) in [5.74, 6) is 0.998. The second-order valence-corrected chi connectivity index (χ2v) is 3.71. The van der Waals surface area contributed by atoms with Gasteiger partial charge in [-0.25, -0.2) is 0 Å². The van der Waals surface area contributed by atoms with Gasteiger partial charge < -0.3 is 14.6 Å². The predicted molar refractivity (Wildman–Crippen MR) is 57.4 cm³/mol. The molecule has 3 nitrogen and oxygen atoms in total. The smallest absolute Gasteiger partial charge is 0.103 e. The molecular weight excluding hydrogens is 190 g/mol. The molecule has 0 bridgehead atoms.